The van der Waals surface area contributed by atoms with Crippen molar-refractivity contribution in [1.29, 1.82) is 0 Å². The smallest absolute Gasteiger partial charge is 0.137 e. The van der Waals surface area contributed by atoms with Crippen LogP contribution in [0.1, 0.15) is 17.0 Å². The Kier molecular flexibility index (Phi) is 2.25. The summed E-state index contributed by atoms with van der Waals surface area (Å²) in [4.78, 5) is 4.46. The summed E-state index contributed by atoms with van der Waals surface area (Å²) in [7, 11) is 1.70. The van der Waals surface area contributed by atoms with Crippen molar-refractivity contribution in [3.8, 4) is 0 Å². The van der Waals surface area contributed by atoms with Crippen molar-refractivity contribution in [1.82, 2.24) is 9.38 Å². The summed E-state index contributed by atoms with van der Waals surface area (Å²) in [5.41, 5.74) is 4.39. The van der Waals surface area contributed by atoms with Crippen LogP contribution >= 0.6 is 0 Å². The molecule has 14 heavy (non-hydrogen) atoms. The van der Waals surface area contributed by atoms with Crippen molar-refractivity contribution in [3.63, 3.8) is 0 Å². The normalized spacial score (nSPS) is 11.1. The lowest BCUT2D eigenvalue weighted by Gasteiger charge is -2.02. The highest BCUT2D eigenvalue weighted by molar-refractivity contribution is 5.44. The van der Waals surface area contributed by atoms with Crippen LogP contribution in [0, 0.1) is 13.8 Å². The molecule has 0 fully saturated rings. The van der Waals surface area contributed by atoms with Gasteiger partial charge in [-0.3, -0.25) is 0 Å². The van der Waals surface area contributed by atoms with Gasteiger partial charge in [0.2, 0.25) is 0 Å². The first-order chi connectivity index (χ1) is 6.72. The minimum absolute atomic E-state index is 0.608. The molecule has 3 heteroatoms. The molecule has 2 aromatic rings. The van der Waals surface area contributed by atoms with E-state index in [-0.39, 0.29) is 0 Å². The highest BCUT2D eigenvalue weighted by Gasteiger charge is 2.07. The molecule has 0 atom stereocenters. The third-order valence-electron chi connectivity index (χ3n) is 2.35. The van der Waals surface area contributed by atoms with Crippen molar-refractivity contribution < 1.29 is 4.74 Å². The molecule has 0 bridgehead atoms. The third-order valence-corrected chi connectivity index (χ3v) is 2.35. The van der Waals surface area contributed by atoms with Gasteiger partial charge >= 0.3 is 0 Å². The van der Waals surface area contributed by atoms with E-state index in [0.29, 0.717) is 6.61 Å². The molecule has 2 rings (SSSR count). The number of hydrogen-bond acceptors (Lipinski definition) is 2. The van der Waals surface area contributed by atoms with Gasteiger partial charge in [-0.2, -0.15) is 0 Å². The molecule has 0 N–H and O–H groups in total. The van der Waals surface area contributed by atoms with E-state index in [1.165, 1.54) is 5.56 Å². The summed E-state index contributed by atoms with van der Waals surface area (Å²) in [6.07, 6.45) is 2.09. The summed E-state index contributed by atoms with van der Waals surface area (Å²) in [6.45, 7) is 4.69. The summed E-state index contributed by atoms with van der Waals surface area (Å²) in [5.74, 6) is 0. The molecule has 0 unspecified atom stereocenters. The molecule has 0 saturated carbocycles. The molecule has 0 spiro atoms. The lowest BCUT2D eigenvalue weighted by Crippen LogP contribution is -1.96. The lowest BCUT2D eigenvalue weighted by molar-refractivity contribution is 0.180. The second-order valence-corrected chi connectivity index (χ2v) is 3.51. The first-order valence-corrected chi connectivity index (χ1v) is 4.65. The quantitative estimate of drug-likeness (QED) is 0.725. The highest BCUT2D eigenvalue weighted by Crippen LogP contribution is 2.13. The van der Waals surface area contributed by atoms with Gasteiger partial charge in [0.25, 0.3) is 0 Å². The Hall–Kier alpha value is -1.35. The Morgan fingerprint density at radius 1 is 1.36 bits per heavy atom. The van der Waals surface area contributed by atoms with Crippen molar-refractivity contribution in [2.45, 2.75) is 20.5 Å². The molecule has 0 aliphatic carbocycles. The van der Waals surface area contributed by atoms with Gasteiger partial charge in [0.1, 0.15) is 5.65 Å². The van der Waals surface area contributed by atoms with Gasteiger partial charge in [0, 0.05) is 13.3 Å². The molecule has 0 aliphatic heterocycles. The average molecular weight is 190 g/mol. The average Bonchev–Trinajstić information content (AvgIpc) is 2.45. The molecule has 74 valence electrons. The standard InChI is InChI=1S/C11H14N2O/c1-8-4-5-11-12-9(2)10(7-14-3)13(11)6-8/h4-6H,7H2,1-3H3. The summed E-state index contributed by atoms with van der Waals surface area (Å²) in [6, 6.07) is 4.10. The number of methoxy groups -OCH3 is 1. The Bertz CT molecular complexity index is 460. The minimum Gasteiger partial charge on any atom is -0.378 e. The predicted octanol–water partition coefficient (Wildman–Crippen LogP) is 2.10. The van der Waals surface area contributed by atoms with E-state index in [0.717, 1.165) is 17.0 Å². The number of imidazole rings is 1. The zero-order chi connectivity index (χ0) is 10.1. The van der Waals surface area contributed by atoms with Gasteiger partial charge in [-0.25, -0.2) is 4.98 Å². The lowest BCUT2D eigenvalue weighted by atomic mass is 10.3. The van der Waals surface area contributed by atoms with Gasteiger partial charge in [-0.05, 0) is 25.5 Å². The maximum atomic E-state index is 5.15. The van der Waals surface area contributed by atoms with Crippen LogP contribution in [0.3, 0.4) is 0 Å². The van der Waals surface area contributed by atoms with Gasteiger partial charge in [0.05, 0.1) is 18.0 Å². The summed E-state index contributed by atoms with van der Waals surface area (Å²) in [5, 5.41) is 0. The van der Waals surface area contributed by atoms with Crippen LogP contribution in [-0.4, -0.2) is 16.5 Å². The number of fused-ring (bicyclic) bond motifs is 1. The summed E-state index contributed by atoms with van der Waals surface area (Å²) >= 11 is 0. The van der Waals surface area contributed by atoms with E-state index in [1.54, 1.807) is 7.11 Å². The number of nitrogens with zero attached hydrogens (tertiary/aromatic N) is 2. The van der Waals surface area contributed by atoms with Crippen LogP contribution in [0.15, 0.2) is 18.3 Å². The summed E-state index contributed by atoms with van der Waals surface area (Å²) < 4.78 is 7.25. The number of aryl methyl sites for hydroxylation is 2. The molecular weight excluding hydrogens is 176 g/mol. The maximum absolute atomic E-state index is 5.15. The molecule has 0 aromatic carbocycles. The Morgan fingerprint density at radius 3 is 2.86 bits per heavy atom. The fraction of sp³-hybridized carbons (Fsp3) is 0.364. The van der Waals surface area contributed by atoms with Gasteiger partial charge in [-0.1, -0.05) is 6.07 Å². The van der Waals surface area contributed by atoms with Crippen molar-refractivity contribution in [2.24, 2.45) is 0 Å². The first-order valence-electron chi connectivity index (χ1n) is 4.65. The minimum atomic E-state index is 0.608. The Morgan fingerprint density at radius 2 is 2.14 bits per heavy atom. The molecular formula is C11H14N2O. The van der Waals surface area contributed by atoms with E-state index in [1.807, 2.05) is 13.0 Å². The third kappa shape index (κ3) is 1.40. The molecule has 0 aliphatic rings. The number of aromatic nitrogens is 2. The second-order valence-electron chi connectivity index (χ2n) is 3.51. The first kappa shape index (κ1) is 9.21. The van der Waals surface area contributed by atoms with Gasteiger partial charge in [0.15, 0.2) is 0 Å². The fourth-order valence-electron chi connectivity index (χ4n) is 1.63. The monoisotopic (exact) mass is 190 g/mol. The topological polar surface area (TPSA) is 26.5 Å². The van der Waals surface area contributed by atoms with E-state index in [2.05, 4.69) is 28.6 Å². The molecule has 0 amide bonds. The van der Waals surface area contributed by atoms with E-state index >= 15 is 0 Å². The van der Waals surface area contributed by atoms with E-state index in [9.17, 15) is 0 Å². The van der Waals surface area contributed by atoms with Crippen molar-refractivity contribution in [2.75, 3.05) is 7.11 Å². The van der Waals surface area contributed by atoms with Crippen LogP contribution in [0.5, 0.6) is 0 Å². The number of hydrogen-bond donors (Lipinski definition) is 0. The zero-order valence-electron chi connectivity index (χ0n) is 8.74. The Balaban J connectivity index is 2.66. The molecule has 0 saturated heterocycles. The molecule has 2 aromatic heterocycles. The molecule has 3 nitrogen and oxygen atoms in total. The molecule has 2 heterocycles. The van der Waals surface area contributed by atoms with Crippen LogP contribution in [0.2, 0.25) is 0 Å². The highest BCUT2D eigenvalue weighted by atomic mass is 16.5. The van der Waals surface area contributed by atoms with Gasteiger partial charge < -0.3 is 9.14 Å². The molecule has 0 radical (unpaired) electrons. The van der Waals surface area contributed by atoms with Crippen LogP contribution in [-0.2, 0) is 11.3 Å². The van der Waals surface area contributed by atoms with Crippen molar-refractivity contribution >= 4 is 5.65 Å². The van der Waals surface area contributed by atoms with Crippen molar-refractivity contribution in [3.05, 3.63) is 35.3 Å². The zero-order valence-corrected chi connectivity index (χ0v) is 8.74. The second kappa shape index (κ2) is 3.42. The van der Waals surface area contributed by atoms with Crippen LogP contribution in [0.4, 0.5) is 0 Å². The number of ether oxygens (including phenoxy) is 1. The number of rotatable bonds is 2. The fourth-order valence-corrected chi connectivity index (χ4v) is 1.63. The van der Waals surface area contributed by atoms with Crippen LogP contribution < -0.4 is 0 Å². The SMILES string of the molecule is COCc1c(C)nc2ccc(C)cn12. The number of pyridine rings is 1. The largest absolute Gasteiger partial charge is 0.378 e. The van der Waals surface area contributed by atoms with Crippen LogP contribution in [0.25, 0.3) is 5.65 Å². The predicted molar refractivity (Wildman–Crippen MR) is 55.4 cm³/mol. The van der Waals surface area contributed by atoms with E-state index in [4.69, 9.17) is 4.74 Å². The Labute approximate surface area is 83.3 Å². The van der Waals surface area contributed by atoms with Gasteiger partial charge in [-0.15, -0.1) is 0 Å². The van der Waals surface area contributed by atoms with E-state index < -0.39 is 0 Å². The maximum Gasteiger partial charge on any atom is 0.137 e.